The van der Waals surface area contributed by atoms with Crippen molar-refractivity contribution >= 4 is 5.97 Å². The van der Waals surface area contributed by atoms with Gasteiger partial charge in [-0.1, -0.05) is 54.6 Å². The number of benzene rings is 2. The summed E-state index contributed by atoms with van der Waals surface area (Å²) >= 11 is 0. The molecule has 1 unspecified atom stereocenters. The van der Waals surface area contributed by atoms with Crippen LogP contribution in [0.15, 0.2) is 54.6 Å². The molecule has 2 aromatic carbocycles. The molecule has 3 nitrogen and oxygen atoms in total. The van der Waals surface area contributed by atoms with Crippen LogP contribution < -0.4 is 0 Å². The largest absolute Gasteiger partial charge is 0.469 e. The van der Waals surface area contributed by atoms with Crippen molar-refractivity contribution in [2.24, 2.45) is 0 Å². The fourth-order valence-electron chi connectivity index (χ4n) is 2.16. The maximum absolute atomic E-state index is 11.4. The molecule has 104 valence electrons. The third kappa shape index (κ3) is 3.68. The van der Waals surface area contributed by atoms with Crippen molar-refractivity contribution in [2.75, 3.05) is 7.11 Å². The molecule has 2 rings (SSSR count). The van der Waals surface area contributed by atoms with Crippen molar-refractivity contribution in [3.05, 3.63) is 71.3 Å². The quantitative estimate of drug-likeness (QED) is 0.850. The molecule has 0 aromatic heterocycles. The van der Waals surface area contributed by atoms with Gasteiger partial charge in [-0.05, 0) is 16.7 Å². The van der Waals surface area contributed by atoms with Crippen LogP contribution in [0, 0.1) is 0 Å². The van der Waals surface area contributed by atoms with E-state index in [0.29, 0.717) is 6.42 Å². The van der Waals surface area contributed by atoms with Crippen LogP contribution in [0.2, 0.25) is 0 Å². The number of aliphatic hydroxyl groups is 1. The number of rotatable bonds is 5. The van der Waals surface area contributed by atoms with E-state index < -0.39 is 6.10 Å². The molecule has 0 amide bonds. The first-order chi connectivity index (χ1) is 9.70. The van der Waals surface area contributed by atoms with Gasteiger partial charge in [-0.25, -0.2) is 0 Å². The van der Waals surface area contributed by atoms with Crippen molar-refractivity contribution in [2.45, 2.75) is 18.9 Å². The zero-order valence-corrected chi connectivity index (χ0v) is 11.5. The summed E-state index contributed by atoms with van der Waals surface area (Å²) in [4.78, 5) is 11.4. The van der Waals surface area contributed by atoms with Gasteiger partial charge in [0.1, 0.15) is 0 Å². The van der Waals surface area contributed by atoms with Crippen LogP contribution >= 0.6 is 0 Å². The highest BCUT2D eigenvalue weighted by Crippen LogP contribution is 2.21. The van der Waals surface area contributed by atoms with Gasteiger partial charge in [0, 0.05) is 6.42 Å². The molecule has 20 heavy (non-hydrogen) atoms. The molecule has 2 aromatic rings. The Labute approximate surface area is 118 Å². The molecule has 3 heteroatoms. The van der Waals surface area contributed by atoms with Crippen molar-refractivity contribution in [3.8, 4) is 0 Å². The van der Waals surface area contributed by atoms with Gasteiger partial charge >= 0.3 is 5.97 Å². The lowest BCUT2D eigenvalue weighted by molar-refractivity contribution is -0.139. The van der Waals surface area contributed by atoms with Gasteiger partial charge in [0.2, 0.25) is 0 Å². The fourth-order valence-corrected chi connectivity index (χ4v) is 2.16. The Morgan fingerprint density at radius 2 is 1.65 bits per heavy atom. The van der Waals surface area contributed by atoms with Crippen molar-refractivity contribution in [1.82, 2.24) is 0 Å². The highest BCUT2D eigenvalue weighted by molar-refractivity contribution is 5.72. The van der Waals surface area contributed by atoms with Crippen molar-refractivity contribution in [3.63, 3.8) is 0 Å². The molecule has 0 aliphatic rings. The predicted molar refractivity (Wildman–Crippen MR) is 77.3 cm³/mol. The lowest BCUT2D eigenvalue weighted by Crippen LogP contribution is -2.09. The van der Waals surface area contributed by atoms with Crippen LogP contribution in [0.1, 0.15) is 22.8 Å². The van der Waals surface area contributed by atoms with Crippen LogP contribution in [0.25, 0.3) is 0 Å². The molecule has 0 heterocycles. The molecule has 0 saturated heterocycles. The monoisotopic (exact) mass is 270 g/mol. The molecule has 0 spiro atoms. The van der Waals surface area contributed by atoms with E-state index in [0.717, 1.165) is 16.7 Å². The van der Waals surface area contributed by atoms with Crippen LogP contribution in [0.4, 0.5) is 0 Å². The molecule has 1 N–H and O–H groups in total. The number of carbonyl (C=O) groups excluding carboxylic acids is 1. The number of ether oxygens (including phenoxy) is 1. The molecule has 0 aliphatic carbocycles. The summed E-state index contributed by atoms with van der Waals surface area (Å²) < 4.78 is 4.70. The Morgan fingerprint density at radius 3 is 2.30 bits per heavy atom. The van der Waals surface area contributed by atoms with Gasteiger partial charge in [0.15, 0.2) is 0 Å². The summed E-state index contributed by atoms with van der Waals surface area (Å²) in [7, 11) is 1.38. The maximum atomic E-state index is 11.4. The number of hydrogen-bond acceptors (Lipinski definition) is 3. The van der Waals surface area contributed by atoms with Gasteiger partial charge in [0.25, 0.3) is 0 Å². The topological polar surface area (TPSA) is 46.5 Å². The Morgan fingerprint density at radius 1 is 1.05 bits per heavy atom. The third-order valence-electron chi connectivity index (χ3n) is 3.28. The van der Waals surface area contributed by atoms with E-state index in [2.05, 4.69) is 0 Å². The highest BCUT2D eigenvalue weighted by atomic mass is 16.5. The summed E-state index contributed by atoms with van der Waals surface area (Å²) in [5.41, 5.74) is 2.74. The minimum Gasteiger partial charge on any atom is -0.469 e. The second-order valence-electron chi connectivity index (χ2n) is 4.65. The minimum absolute atomic E-state index is 0.230. The molecule has 0 fully saturated rings. The number of hydrogen-bond donors (Lipinski definition) is 1. The molecule has 0 bridgehead atoms. The van der Waals surface area contributed by atoms with E-state index in [1.165, 1.54) is 7.11 Å². The summed E-state index contributed by atoms with van der Waals surface area (Å²) in [6, 6.07) is 17.1. The van der Waals surface area contributed by atoms with Crippen molar-refractivity contribution < 1.29 is 14.6 Å². The van der Waals surface area contributed by atoms with Gasteiger partial charge < -0.3 is 9.84 Å². The van der Waals surface area contributed by atoms with E-state index in [-0.39, 0.29) is 12.4 Å². The number of methoxy groups -OCH3 is 1. The van der Waals surface area contributed by atoms with Gasteiger partial charge in [-0.3, -0.25) is 4.79 Å². The molecule has 0 radical (unpaired) electrons. The van der Waals surface area contributed by atoms with Crippen LogP contribution in [-0.2, 0) is 22.4 Å². The number of esters is 1. The van der Waals surface area contributed by atoms with Gasteiger partial charge in [-0.2, -0.15) is 0 Å². The Hall–Kier alpha value is -2.13. The Kier molecular flexibility index (Phi) is 4.91. The van der Waals surface area contributed by atoms with Gasteiger partial charge in [-0.15, -0.1) is 0 Å². The summed E-state index contributed by atoms with van der Waals surface area (Å²) in [5, 5.41) is 10.3. The molecule has 1 atom stereocenters. The maximum Gasteiger partial charge on any atom is 0.309 e. The van der Waals surface area contributed by atoms with Crippen LogP contribution in [-0.4, -0.2) is 18.2 Å². The minimum atomic E-state index is -0.574. The molecule has 0 saturated carbocycles. The zero-order valence-electron chi connectivity index (χ0n) is 11.5. The second-order valence-corrected chi connectivity index (χ2v) is 4.65. The third-order valence-corrected chi connectivity index (χ3v) is 3.28. The van der Waals surface area contributed by atoms with Crippen LogP contribution in [0.5, 0.6) is 0 Å². The number of aliphatic hydroxyl groups excluding tert-OH is 1. The number of carbonyl (C=O) groups is 1. The molecule has 0 aliphatic heterocycles. The van der Waals surface area contributed by atoms with E-state index in [1.807, 2.05) is 54.6 Å². The van der Waals surface area contributed by atoms with Crippen molar-refractivity contribution in [1.29, 1.82) is 0 Å². The molecular formula is C17H18O3. The fraction of sp³-hybridized carbons (Fsp3) is 0.235. The van der Waals surface area contributed by atoms with Gasteiger partial charge in [0.05, 0.1) is 19.6 Å². The average molecular weight is 270 g/mol. The zero-order chi connectivity index (χ0) is 14.4. The first kappa shape index (κ1) is 14.3. The summed E-state index contributed by atoms with van der Waals surface area (Å²) in [6.07, 6.45) is 0.140. The predicted octanol–water partition coefficient (Wildman–Crippen LogP) is 2.68. The van der Waals surface area contributed by atoms with E-state index in [1.54, 1.807) is 0 Å². The molecular weight excluding hydrogens is 252 g/mol. The smallest absolute Gasteiger partial charge is 0.309 e. The van der Waals surface area contributed by atoms with Crippen LogP contribution in [0.3, 0.4) is 0 Å². The standard InChI is InChI=1S/C17H18O3/c1-20-17(19)12-15-10-6-5-9-14(15)11-16(18)13-7-3-2-4-8-13/h2-10,16,18H,11-12H2,1H3. The first-order valence-electron chi connectivity index (χ1n) is 6.57. The normalized spacial score (nSPS) is 11.9. The first-order valence-corrected chi connectivity index (χ1v) is 6.57. The van der Waals surface area contributed by atoms with E-state index in [4.69, 9.17) is 4.74 Å². The second kappa shape index (κ2) is 6.87. The average Bonchev–Trinajstić information content (AvgIpc) is 2.50. The lowest BCUT2D eigenvalue weighted by atomic mass is 9.96. The summed E-state index contributed by atoms with van der Waals surface area (Å²) in [5.74, 6) is -0.272. The SMILES string of the molecule is COC(=O)Cc1ccccc1CC(O)c1ccccc1. The van der Waals surface area contributed by atoms with E-state index in [9.17, 15) is 9.90 Å². The lowest BCUT2D eigenvalue weighted by Gasteiger charge is -2.14. The Bertz CT molecular complexity index is 563. The summed E-state index contributed by atoms with van der Waals surface area (Å²) in [6.45, 7) is 0. The Balaban J connectivity index is 2.15. The highest BCUT2D eigenvalue weighted by Gasteiger charge is 2.13. The van der Waals surface area contributed by atoms with E-state index >= 15 is 0 Å².